The van der Waals surface area contributed by atoms with E-state index in [9.17, 15) is 39.4 Å². The van der Waals surface area contributed by atoms with Crippen LogP contribution in [0, 0.1) is 20.2 Å². The highest BCUT2D eigenvalue weighted by atomic mass is 16.6. The van der Waals surface area contributed by atoms with Crippen LogP contribution in [0.4, 0.5) is 11.4 Å². The number of para-hydroxylation sites is 4. The fourth-order valence-corrected chi connectivity index (χ4v) is 4.03. The zero-order valence-corrected chi connectivity index (χ0v) is 16.8. The standard InChI is InChI=1S/C22H10N4O8/c27-19-11-9-13-14(22(30)24(21(13)29)16-6-2-4-8-18(16)26(33)34)10-12(11)20(28)23(19)15-5-1-3-7-17(15)25(31)32/h1-10H. The summed E-state index contributed by atoms with van der Waals surface area (Å²) in [7, 11) is 0. The van der Waals surface area contributed by atoms with E-state index >= 15 is 0 Å². The zero-order valence-electron chi connectivity index (χ0n) is 16.8. The molecule has 2 heterocycles. The quantitative estimate of drug-likeness (QED) is 0.290. The Hall–Kier alpha value is -5.26. The van der Waals surface area contributed by atoms with Crippen molar-refractivity contribution in [1.82, 2.24) is 9.13 Å². The van der Waals surface area contributed by atoms with Gasteiger partial charge in [-0.25, -0.2) is 9.13 Å². The molecule has 0 aliphatic carbocycles. The van der Waals surface area contributed by atoms with Gasteiger partial charge < -0.3 is 0 Å². The molecule has 5 aromatic rings. The zero-order chi connectivity index (χ0) is 24.3. The molecule has 0 saturated heterocycles. The minimum atomic E-state index is -0.901. The maximum Gasteiger partial charge on any atom is 0.293 e. The molecule has 0 spiro atoms. The lowest BCUT2D eigenvalue weighted by atomic mass is 10.1. The van der Waals surface area contributed by atoms with Gasteiger partial charge in [-0.15, -0.1) is 0 Å². The molecule has 3 aromatic carbocycles. The number of benzene rings is 3. The Kier molecular flexibility index (Phi) is 4.33. The Bertz CT molecular complexity index is 1690. The SMILES string of the molecule is O=c1c2cc3c(=O)n(-c4ccccc4[N+](=O)[O-])c(=O)c3cc2c(=O)n1-c1ccccc1[N+](=O)[O-]. The van der Waals surface area contributed by atoms with Gasteiger partial charge in [0.1, 0.15) is 11.4 Å². The van der Waals surface area contributed by atoms with E-state index in [1.54, 1.807) is 0 Å². The summed E-state index contributed by atoms with van der Waals surface area (Å²) in [5.41, 5.74) is -5.06. The van der Waals surface area contributed by atoms with Gasteiger partial charge in [0.2, 0.25) is 0 Å². The first-order valence-corrected chi connectivity index (χ1v) is 9.65. The second-order valence-corrected chi connectivity index (χ2v) is 7.33. The van der Waals surface area contributed by atoms with Gasteiger partial charge in [0.15, 0.2) is 0 Å². The van der Waals surface area contributed by atoms with Crippen LogP contribution < -0.4 is 22.2 Å². The molecule has 166 valence electrons. The van der Waals surface area contributed by atoms with Gasteiger partial charge in [0.05, 0.1) is 31.4 Å². The van der Waals surface area contributed by atoms with Crippen molar-refractivity contribution >= 4 is 32.9 Å². The lowest BCUT2D eigenvalue weighted by Crippen LogP contribution is -2.25. The smallest absolute Gasteiger partial charge is 0.268 e. The van der Waals surface area contributed by atoms with Crippen molar-refractivity contribution in [3.8, 4) is 11.4 Å². The van der Waals surface area contributed by atoms with Crippen molar-refractivity contribution in [3.63, 3.8) is 0 Å². The summed E-state index contributed by atoms with van der Waals surface area (Å²) in [4.78, 5) is 73.5. The number of rotatable bonds is 4. The summed E-state index contributed by atoms with van der Waals surface area (Å²) in [5, 5.41) is 21.9. The number of hydrogen-bond donors (Lipinski definition) is 0. The van der Waals surface area contributed by atoms with Gasteiger partial charge in [0.25, 0.3) is 33.6 Å². The first-order valence-electron chi connectivity index (χ1n) is 9.65. The van der Waals surface area contributed by atoms with Gasteiger partial charge in [0, 0.05) is 12.1 Å². The first kappa shape index (κ1) is 20.6. The molecule has 0 aliphatic rings. The van der Waals surface area contributed by atoms with Crippen molar-refractivity contribution in [3.05, 3.63) is 122 Å². The van der Waals surface area contributed by atoms with Crippen molar-refractivity contribution in [2.45, 2.75) is 0 Å². The molecule has 0 N–H and O–H groups in total. The molecule has 0 bridgehead atoms. The molecule has 0 atom stereocenters. The van der Waals surface area contributed by atoms with Gasteiger partial charge in [-0.05, 0) is 24.3 Å². The van der Waals surface area contributed by atoms with Crippen LogP contribution in [-0.4, -0.2) is 19.0 Å². The first-order chi connectivity index (χ1) is 16.2. The number of nitro benzene ring substituents is 2. The molecule has 0 aliphatic heterocycles. The van der Waals surface area contributed by atoms with Crippen LogP contribution in [0.25, 0.3) is 32.9 Å². The number of fused-ring (bicyclic) bond motifs is 2. The lowest BCUT2D eigenvalue weighted by molar-refractivity contribution is -0.384. The Morgan fingerprint density at radius 2 is 0.824 bits per heavy atom. The van der Waals surface area contributed by atoms with Gasteiger partial charge in [-0.1, -0.05) is 24.3 Å². The number of nitro groups is 2. The molecule has 2 aromatic heterocycles. The Balaban J connectivity index is 1.86. The van der Waals surface area contributed by atoms with Crippen molar-refractivity contribution < 1.29 is 9.85 Å². The van der Waals surface area contributed by atoms with E-state index in [1.807, 2.05) is 0 Å². The molecular formula is C22H10N4O8. The third kappa shape index (κ3) is 2.72. The van der Waals surface area contributed by atoms with Crippen LogP contribution in [0.1, 0.15) is 0 Å². The molecule has 0 amide bonds. The third-order valence-corrected chi connectivity index (χ3v) is 5.53. The molecule has 5 rings (SSSR count). The van der Waals surface area contributed by atoms with Crippen LogP contribution in [0.5, 0.6) is 0 Å². The predicted octanol–water partition coefficient (Wildman–Crippen LogP) is 1.71. The van der Waals surface area contributed by atoms with E-state index in [-0.39, 0.29) is 32.9 Å². The summed E-state index contributed by atoms with van der Waals surface area (Å²) < 4.78 is 1.24. The number of nitrogens with zero attached hydrogens (tertiary/aromatic N) is 4. The normalized spacial score (nSPS) is 11.3. The Morgan fingerprint density at radius 3 is 1.12 bits per heavy atom. The van der Waals surface area contributed by atoms with E-state index < -0.39 is 43.5 Å². The van der Waals surface area contributed by atoms with E-state index in [4.69, 9.17) is 0 Å². The monoisotopic (exact) mass is 458 g/mol. The van der Waals surface area contributed by atoms with Crippen LogP contribution in [0.2, 0.25) is 0 Å². The minimum Gasteiger partial charge on any atom is -0.268 e. The summed E-state index contributed by atoms with van der Waals surface area (Å²) in [6.07, 6.45) is 0. The minimum absolute atomic E-state index is 0.215. The van der Waals surface area contributed by atoms with Gasteiger partial charge >= 0.3 is 0 Å². The van der Waals surface area contributed by atoms with E-state index in [1.165, 1.54) is 36.4 Å². The fourth-order valence-electron chi connectivity index (χ4n) is 4.03. The molecule has 12 nitrogen and oxygen atoms in total. The highest BCUT2D eigenvalue weighted by Gasteiger charge is 2.25. The maximum atomic E-state index is 13.0. The second kappa shape index (κ2) is 7.13. The van der Waals surface area contributed by atoms with Gasteiger partial charge in [-0.3, -0.25) is 39.4 Å². The molecule has 12 heteroatoms. The van der Waals surface area contributed by atoms with Crippen LogP contribution in [0.15, 0.2) is 79.8 Å². The van der Waals surface area contributed by atoms with Gasteiger partial charge in [-0.2, -0.15) is 0 Å². The topological polar surface area (TPSA) is 164 Å². The summed E-state index contributed by atoms with van der Waals surface area (Å²) in [6.45, 7) is 0. The lowest BCUT2D eigenvalue weighted by Gasteiger charge is -2.01. The van der Waals surface area contributed by atoms with E-state index in [0.717, 1.165) is 24.3 Å². The molecule has 0 fully saturated rings. The molecule has 0 radical (unpaired) electrons. The third-order valence-electron chi connectivity index (χ3n) is 5.53. The van der Waals surface area contributed by atoms with Crippen molar-refractivity contribution in [2.24, 2.45) is 0 Å². The highest BCUT2D eigenvalue weighted by Crippen LogP contribution is 2.24. The summed E-state index contributed by atoms with van der Waals surface area (Å²) in [6, 6.07) is 12.5. The van der Waals surface area contributed by atoms with Crippen LogP contribution in [0.3, 0.4) is 0 Å². The largest absolute Gasteiger partial charge is 0.293 e. The van der Waals surface area contributed by atoms with Crippen molar-refractivity contribution in [2.75, 3.05) is 0 Å². The fraction of sp³-hybridized carbons (Fsp3) is 0. The second-order valence-electron chi connectivity index (χ2n) is 7.33. The average molecular weight is 458 g/mol. The Morgan fingerprint density at radius 1 is 0.529 bits per heavy atom. The number of aromatic nitrogens is 2. The number of hydrogen-bond acceptors (Lipinski definition) is 8. The summed E-state index contributed by atoms with van der Waals surface area (Å²) in [5.74, 6) is 0. The molecular weight excluding hydrogens is 448 g/mol. The van der Waals surface area contributed by atoms with E-state index in [2.05, 4.69) is 0 Å². The average Bonchev–Trinajstić information content (AvgIpc) is 3.21. The molecule has 0 unspecified atom stereocenters. The van der Waals surface area contributed by atoms with E-state index in [0.29, 0.717) is 9.13 Å². The summed E-state index contributed by atoms with van der Waals surface area (Å²) >= 11 is 0. The maximum absolute atomic E-state index is 13.0. The highest BCUT2D eigenvalue weighted by molar-refractivity contribution is 5.98. The molecule has 0 saturated carbocycles. The Labute approximate surface area is 186 Å². The van der Waals surface area contributed by atoms with Crippen LogP contribution >= 0.6 is 0 Å². The van der Waals surface area contributed by atoms with Crippen LogP contribution in [-0.2, 0) is 0 Å². The predicted molar refractivity (Wildman–Crippen MR) is 121 cm³/mol. The molecule has 34 heavy (non-hydrogen) atoms. The van der Waals surface area contributed by atoms with Crippen molar-refractivity contribution in [1.29, 1.82) is 0 Å².